The van der Waals surface area contributed by atoms with Crippen LogP contribution in [0.5, 0.6) is 0 Å². The van der Waals surface area contributed by atoms with E-state index in [1.807, 2.05) is 0 Å². The Morgan fingerprint density at radius 1 is 1.25 bits per heavy atom. The smallest absolute Gasteiger partial charge is 0.301 e. The molecule has 11 heteroatoms. The van der Waals surface area contributed by atoms with Gasteiger partial charge in [-0.15, -0.1) is 10.2 Å². The monoisotopic (exact) mass is 416 g/mol. The maximum absolute atomic E-state index is 12.6. The number of nitrogens with zero attached hydrogens (tertiary/aromatic N) is 4. The van der Waals surface area contributed by atoms with E-state index in [2.05, 4.69) is 15.3 Å². The van der Waals surface area contributed by atoms with Crippen molar-refractivity contribution in [2.45, 2.75) is 6.92 Å². The molecule has 9 nitrogen and oxygen atoms in total. The average molecular weight is 417 g/mol. The van der Waals surface area contributed by atoms with Crippen molar-refractivity contribution in [3.63, 3.8) is 0 Å². The van der Waals surface area contributed by atoms with Crippen LogP contribution in [0.4, 0.5) is 17.1 Å². The molecule has 142 valence electrons. The van der Waals surface area contributed by atoms with Gasteiger partial charge in [-0.2, -0.15) is 4.68 Å². The quantitative estimate of drug-likeness (QED) is 0.284. The van der Waals surface area contributed by atoms with Gasteiger partial charge in [0.25, 0.3) is 5.69 Å². The molecular formula is C17H13ClN6O3S. The van der Waals surface area contributed by atoms with Gasteiger partial charge in [0.1, 0.15) is 0 Å². The number of non-ortho nitro benzene ring substituents is 1. The van der Waals surface area contributed by atoms with E-state index in [1.54, 1.807) is 25.1 Å². The molecule has 0 spiro atoms. The average Bonchev–Trinajstić information content (AvgIpc) is 3.00. The minimum Gasteiger partial charge on any atom is -0.374 e. The number of nitro benzene ring substituents is 1. The molecule has 0 unspecified atom stereocenters. The number of hydrogen-bond donors (Lipinski definition) is 2. The highest BCUT2D eigenvalue weighted by Gasteiger charge is 2.18. The summed E-state index contributed by atoms with van der Waals surface area (Å²) in [5.74, 6) is 0. The van der Waals surface area contributed by atoms with Crippen LogP contribution in [0.25, 0.3) is 11.3 Å². The highest BCUT2D eigenvalue weighted by atomic mass is 35.5. The molecule has 3 N–H and O–H groups in total. The Hall–Kier alpha value is -3.37. The van der Waals surface area contributed by atoms with Crippen molar-refractivity contribution in [3.8, 4) is 11.3 Å². The first-order valence-corrected chi connectivity index (χ1v) is 8.64. The number of hydrogen-bond acceptors (Lipinski definition) is 6. The third-order valence-corrected chi connectivity index (χ3v) is 4.54. The second-order valence-corrected chi connectivity index (χ2v) is 6.53. The zero-order valence-corrected chi connectivity index (χ0v) is 16.0. The summed E-state index contributed by atoms with van der Waals surface area (Å²) in [6, 6.07) is 10.7. The summed E-state index contributed by atoms with van der Waals surface area (Å²) in [6.45, 7) is 1.78. The molecule has 3 rings (SSSR count). The fourth-order valence-corrected chi connectivity index (χ4v) is 2.73. The molecule has 0 radical (unpaired) electrons. The number of aromatic nitrogens is 2. The first kappa shape index (κ1) is 19.4. The summed E-state index contributed by atoms with van der Waals surface area (Å²) >= 11 is 11.0. The van der Waals surface area contributed by atoms with Crippen LogP contribution in [-0.4, -0.2) is 19.8 Å². The van der Waals surface area contributed by atoms with Crippen molar-refractivity contribution in [1.82, 2.24) is 9.78 Å². The van der Waals surface area contributed by atoms with E-state index in [-0.39, 0.29) is 22.2 Å². The van der Waals surface area contributed by atoms with E-state index in [0.717, 1.165) is 4.68 Å². The van der Waals surface area contributed by atoms with Crippen LogP contribution in [0.2, 0.25) is 5.02 Å². The predicted octanol–water partition coefficient (Wildman–Crippen LogP) is 4.22. The number of aromatic amines is 1. The Morgan fingerprint density at radius 2 is 1.93 bits per heavy atom. The summed E-state index contributed by atoms with van der Waals surface area (Å²) in [7, 11) is 0. The topological polar surface area (TPSA) is 132 Å². The largest absolute Gasteiger partial charge is 0.374 e. The number of benzene rings is 2. The molecule has 0 saturated carbocycles. The fraction of sp³-hybridized carbons (Fsp3) is 0.0588. The van der Waals surface area contributed by atoms with Gasteiger partial charge in [-0.1, -0.05) is 17.7 Å². The molecule has 0 bridgehead atoms. The number of rotatable bonds is 4. The molecule has 0 aliphatic carbocycles. The van der Waals surface area contributed by atoms with E-state index in [1.165, 1.54) is 24.3 Å². The molecule has 1 aromatic heterocycles. The lowest BCUT2D eigenvalue weighted by Crippen LogP contribution is -2.29. The van der Waals surface area contributed by atoms with Crippen LogP contribution < -0.4 is 11.3 Å². The first-order chi connectivity index (χ1) is 13.3. The third kappa shape index (κ3) is 3.68. The third-order valence-electron chi connectivity index (χ3n) is 3.95. The van der Waals surface area contributed by atoms with Gasteiger partial charge in [0.2, 0.25) is 0 Å². The van der Waals surface area contributed by atoms with E-state index in [9.17, 15) is 14.9 Å². The highest BCUT2D eigenvalue weighted by molar-refractivity contribution is 7.80. The van der Waals surface area contributed by atoms with Crippen molar-refractivity contribution < 1.29 is 4.92 Å². The van der Waals surface area contributed by atoms with Crippen LogP contribution in [0.3, 0.4) is 0 Å². The molecule has 0 aliphatic heterocycles. The standard InChI is InChI=1S/C17H13ClN6O3S/c1-9-12(18)3-2-4-13(9)20-21-15-14(22-23(16(15)25)17(19)28)10-5-7-11(8-6-10)24(26)27/h2-8,22H,1H3,(H2,19,28). The van der Waals surface area contributed by atoms with Crippen LogP contribution in [0, 0.1) is 17.0 Å². The highest BCUT2D eigenvalue weighted by Crippen LogP contribution is 2.30. The van der Waals surface area contributed by atoms with Gasteiger partial charge in [-0.3, -0.25) is 20.0 Å². The Bertz CT molecular complexity index is 1170. The predicted molar refractivity (Wildman–Crippen MR) is 110 cm³/mol. The Labute approximate surface area is 168 Å². The molecule has 1 heterocycles. The lowest BCUT2D eigenvalue weighted by Gasteiger charge is -2.01. The van der Waals surface area contributed by atoms with Crippen LogP contribution in [-0.2, 0) is 0 Å². The zero-order valence-electron chi connectivity index (χ0n) is 14.4. The molecule has 2 aromatic carbocycles. The van der Waals surface area contributed by atoms with Gasteiger partial charge in [-0.25, -0.2) is 0 Å². The van der Waals surface area contributed by atoms with E-state index in [4.69, 9.17) is 29.6 Å². The number of nitrogens with one attached hydrogen (secondary N) is 1. The van der Waals surface area contributed by atoms with Crippen molar-refractivity contribution in [3.05, 3.63) is 73.5 Å². The minimum atomic E-state index is -0.593. The van der Waals surface area contributed by atoms with E-state index >= 15 is 0 Å². The fourth-order valence-electron chi connectivity index (χ4n) is 2.44. The van der Waals surface area contributed by atoms with Gasteiger partial charge in [0, 0.05) is 22.7 Å². The summed E-state index contributed by atoms with van der Waals surface area (Å²) < 4.78 is 0.950. The van der Waals surface area contributed by atoms with Gasteiger partial charge in [0.15, 0.2) is 10.8 Å². The van der Waals surface area contributed by atoms with Gasteiger partial charge in [-0.05, 0) is 49.0 Å². The second-order valence-electron chi connectivity index (χ2n) is 5.70. The zero-order chi connectivity index (χ0) is 20.4. The van der Waals surface area contributed by atoms with Crippen molar-refractivity contribution in [1.29, 1.82) is 0 Å². The summed E-state index contributed by atoms with van der Waals surface area (Å²) in [6.07, 6.45) is 0. The number of H-pyrrole nitrogens is 1. The molecule has 0 atom stereocenters. The van der Waals surface area contributed by atoms with Crippen molar-refractivity contribution >= 4 is 46.0 Å². The Balaban J connectivity index is 2.13. The lowest BCUT2D eigenvalue weighted by atomic mass is 10.1. The second kappa shape index (κ2) is 7.71. The van der Waals surface area contributed by atoms with Crippen LogP contribution >= 0.6 is 23.8 Å². The van der Waals surface area contributed by atoms with Crippen molar-refractivity contribution in [2.75, 3.05) is 0 Å². The van der Waals surface area contributed by atoms with Crippen LogP contribution in [0.1, 0.15) is 5.56 Å². The summed E-state index contributed by atoms with van der Waals surface area (Å²) in [5.41, 5.74) is 6.80. The number of azo groups is 1. The normalized spacial score (nSPS) is 11.1. The van der Waals surface area contributed by atoms with E-state index in [0.29, 0.717) is 21.8 Å². The minimum absolute atomic E-state index is 0.0407. The van der Waals surface area contributed by atoms with E-state index < -0.39 is 10.5 Å². The molecule has 0 fully saturated rings. The number of halogens is 1. The van der Waals surface area contributed by atoms with Gasteiger partial charge in [0.05, 0.1) is 16.3 Å². The number of thiocarbonyl (C=S) groups is 1. The Kier molecular flexibility index (Phi) is 5.34. The maximum Gasteiger partial charge on any atom is 0.301 e. The molecule has 0 amide bonds. The first-order valence-electron chi connectivity index (χ1n) is 7.86. The Morgan fingerprint density at radius 3 is 2.54 bits per heavy atom. The van der Waals surface area contributed by atoms with Crippen LogP contribution in [0.15, 0.2) is 57.5 Å². The lowest BCUT2D eigenvalue weighted by molar-refractivity contribution is -0.384. The molecule has 0 aliphatic rings. The summed E-state index contributed by atoms with van der Waals surface area (Å²) in [5, 5.41) is 22.1. The van der Waals surface area contributed by atoms with Gasteiger partial charge < -0.3 is 5.73 Å². The molecular weight excluding hydrogens is 404 g/mol. The molecule has 3 aromatic rings. The number of nitrogens with two attached hydrogens (primary N) is 1. The van der Waals surface area contributed by atoms with Gasteiger partial charge >= 0.3 is 5.56 Å². The molecule has 28 heavy (non-hydrogen) atoms. The van der Waals surface area contributed by atoms with Crippen molar-refractivity contribution in [2.24, 2.45) is 16.0 Å². The molecule has 0 saturated heterocycles. The SMILES string of the molecule is Cc1c(Cl)cccc1N=Nc1c(-c2ccc([N+](=O)[O-])cc2)[nH]n(C(N)=S)c1=O. The number of nitro groups is 1. The maximum atomic E-state index is 12.6. The summed E-state index contributed by atoms with van der Waals surface area (Å²) in [4.78, 5) is 23.0.